The molecule has 5 rings (SSSR count). The summed E-state index contributed by atoms with van der Waals surface area (Å²) in [6.45, 7) is 1.42. The minimum atomic E-state index is -0.308. The molecule has 3 N–H and O–H groups in total. The molecule has 3 aromatic rings. The zero-order valence-electron chi connectivity index (χ0n) is 16.1. The number of H-pyrrole nitrogens is 1. The van der Waals surface area contributed by atoms with Gasteiger partial charge in [0, 0.05) is 59.7 Å². The van der Waals surface area contributed by atoms with Crippen molar-refractivity contribution in [3.05, 3.63) is 65.1 Å². The second kappa shape index (κ2) is 7.00. The van der Waals surface area contributed by atoms with Crippen molar-refractivity contribution in [3.63, 3.8) is 0 Å². The molecule has 3 heterocycles. The Morgan fingerprint density at radius 2 is 2.00 bits per heavy atom. The Kier molecular flexibility index (Phi) is 4.32. The highest BCUT2D eigenvalue weighted by Gasteiger charge is 2.54. The smallest absolute Gasteiger partial charge is 0.269 e. The average Bonchev–Trinajstić information content (AvgIpc) is 3.14. The summed E-state index contributed by atoms with van der Waals surface area (Å²) in [6.07, 6.45) is 2.43. The Hall–Kier alpha value is -3.19. The number of carbonyl (C=O) groups excluding carboxylic acids is 2. The highest BCUT2D eigenvalue weighted by atomic mass is 16.5. The molecular weight excluding hydrogens is 368 g/mol. The lowest BCUT2D eigenvalue weighted by Gasteiger charge is -2.11. The van der Waals surface area contributed by atoms with Gasteiger partial charge in [-0.05, 0) is 29.8 Å². The van der Waals surface area contributed by atoms with Gasteiger partial charge in [-0.2, -0.15) is 0 Å². The van der Waals surface area contributed by atoms with Crippen molar-refractivity contribution in [2.45, 2.75) is 12.5 Å². The van der Waals surface area contributed by atoms with Gasteiger partial charge in [0.1, 0.15) is 5.69 Å². The summed E-state index contributed by atoms with van der Waals surface area (Å²) < 4.78 is 5.39. The monoisotopic (exact) mass is 390 g/mol. The Morgan fingerprint density at radius 1 is 1.17 bits per heavy atom. The number of hydrogen-bond donors (Lipinski definition) is 3. The molecule has 7 heteroatoms. The fourth-order valence-electron chi connectivity index (χ4n) is 4.24. The minimum Gasteiger partial charge on any atom is -0.381 e. The standard InChI is InChI=1S/C22H22N4O3/c1-23-22(28)19-9-13(21(27)26-20-16-10-29-11-17(16)20)8-14(25-19)7-12-3-2-4-18-15(12)5-6-24-18/h2-6,8-9,16-17,20,24H,7,10-11H2,1H3,(H,23,28)(H,26,27). The van der Waals surface area contributed by atoms with Crippen LogP contribution in [0, 0.1) is 11.8 Å². The van der Waals surface area contributed by atoms with Crippen molar-refractivity contribution >= 4 is 22.7 Å². The number of aromatic nitrogens is 2. The van der Waals surface area contributed by atoms with Crippen LogP contribution in [0.25, 0.3) is 10.9 Å². The van der Waals surface area contributed by atoms with Gasteiger partial charge in [0.15, 0.2) is 0 Å². The number of hydrogen-bond acceptors (Lipinski definition) is 4. The van der Waals surface area contributed by atoms with Crippen molar-refractivity contribution in [1.29, 1.82) is 0 Å². The number of fused-ring (bicyclic) bond motifs is 2. The molecule has 1 saturated heterocycles. The van der Waals surface area contributed by atoms with E-state index < -0.39 is 0 Å². The summed E-state index contributed by atoms with van der Waals surface area (Å²) in [6, 6.07) is 11.6. The summed E-state index contributed by atoms with van der Waals surface area (Å²) >= 11 is 0. The van der Waals surface area contributed by atoms with Crippen LogP contribution in [0.3, 0.4) is 0 Å². The summed E-state index contributed by atoms with van der Waals surface area (Å²) in [4.78, 5) is 32.8. The van der Waals surface area contributed by atoms with Crippen LogP contribution < -0.4 is 10.6 Å². The highest BCUT2D eigenvalue weighted by molar-refractivity contribution is 5.99. The number of benzene rings is 1. The van der Waals surface area contributed by atoms with Crippen LogP contribution in [0.15, 0.2) is 42.6 Å². The van der Waals surface area contributed by atoms with Gasteiger partial charge in [0.05, 0.1) is 13.2 Å². The highest BCUT2D eigenvalue weighted by Crippen LogP contribution is 2.44. The summed E-state index contributed by atoms with van der Waals surface area (Å²) in [5, 5.41) is 6.79. The van der Waals surface area contributed by atoms with E-state index in [2.05, 4.69) is 20.6 Å². The molecule has 2 aliphatic rings. The van der Waals surface area contributed by atoms with Gasteiger partial charge in [-0.1, -0.05) is 12.1 Å². The fraction of sp³-hybridized carbons (Fsp3) is 0.318. The summed E-state index contributed by atoms with van der Waals surface area (Å²) in [5.41, 5.74) is 3.52. The SMILES string of the molecule is CNC(=O)c1cc(C(=O)NC2C3COCC32)cc(Cc2cccc3[nH]ccc23)n1. The molecule has 1 aliphatic carbocycles. The predicted octanol–water partition coefficient (Wildman–Crippen LogP) is 1.89. The maximum Gasteiger partial charge on any atom is 0.269 e. The number of amides is 2. The fourth-order valence-corrected chi connectivity index (χ4v) is 4.24. The van der Waals surface area contributed by atoms with Gasteiger partial charge < -0.3 is 20.4 Å². The first kappa shape index (κ1) is 17.9. The molecule has 2 atom stereocenters. The Balaban J connectivity index is 1.44. The van der Waals surface area contributed by atoms with E-state index >= 15 is 0 Å². The third kappa shape index (κ3) is 3.27. The van der Waals surface area contributed by atoms with E-state index in [1.54, 1.807) is 19.2 Å². The second-order valence-corrected chi connectivity index (χ2v) is 7.71. The quantitative estimate of drug-likeness (QED) is 0.620. The van der Waals surface area contributed by atoms with Gasteiger partial charge in [0.2, 0.25) is 0 Å². The van der Waals surface area contributed by atoms with E-state index in [-0.39, 0.29) is 23.6 Å². The zero-order valence-corrected chi connectivity index (χ0v) is 16.1. The Morgan fingerprint density at radius 3 is 2.79 bits per heavy atom. The van der Waals surface area contributed by atoms with E-state index in [4.69, 9.17) is 4.74 Å². The van der Waals surface area contributed by atoms with Crippen LogP contribution in [-0.2, 0) is 11.2 Å². The Labute approximate surface area is 167 Å². The lowest BCUT2D eigenvalue weighted by molar-refractivity contribution is 0.0928. The van der Waals surface area contributed by atoms with Gasteiger partial charge in [0.25, 0.3) is 11.8 Å². The third-order valence-corrected chi connectivity index (χ3v) is 5.91. The van der Waals surface area contributed by atoms with E-state index in [0.29, 0.717) is 42.7 Å². The van der Waals surface area contributed by atoms with Crippen LogP contribution in [0.4, 0.5) is 0 Å². The van der Waals surface area contributed by atoms with E-state index in [0.717, 1.165) is 16.5 Å². The van der Waals surface area contributed by atoms with Crippen molar-refractivity contribution in [2.75, 3.05) is 20.3 Å². The molecule has 1 aliphatic heterocycles. The molecule has 1 aromatic carbocycles. The molecule has 0 spiro atoms. The summed E-state index contributed by atoms with van der Waals surface area (Å²) in [5.74, 6) is 0.366. The van der Waals surface area contributed by atoms with E-state index in [9.17, 15) is 9.59 Å². The maximum atomic E-state index is 12.8. The lowest BCUT2D eigenvalue weighted by atomic mass is 10.0. The van der Waals surface area contributed by atoms with Gasteiger partial charge in [-0.15, -0.1) is 0 Å². The van der Waals surface area contributed by atoms with Crippen molar-refractivity contribution in [1.82, 2.24) is 20.6 Å². The number of nitrogens with one attached hydrogen (secondary N) is 3. The predicted molar refractivity (Wildman–Crippen MR) is 108 cm³/mol. The topological polar surface area (TPSA) is 96.1 Å². The van der Waals surface area contributed by atoms with Crippen molar-refractivity contribution < 1.29 is 14.3 Å². The van der Waals surface area contributed by atoms with Crippen LogP contribution in [0.5, 0.6) is 0 Å². The largest absolute Gasteiger partial charge is 0.381 e. The number of nitrogens with zero attached hydrogens (tertiary/aromatic N) is 1. The normalized spacial score (nSPS) is 22.3. The van der Waals surface area contributed by atoms with Crippen LogP contribution >= 0.6 is 0 Å². The minimum absolute atomic E-state index is 0.168. The van der Waals surface area contributed by atoms with Crippen LogP contribution in [-0.4, -0.2) is 48.1 Å². The molecule has 0 radical (unpaired) electrons. The molecule has 2 fully saturated rings. The number of rotatable bonds is 5. The third-order valence-electron chi connectivity index (χ3n) is 5.91. The first-order chi connectivity index (χ1) is 14.1. The maximum absolute atomic E-state index is 12.8. The van der Waals surface area contributed by atoms with Gasteiger partial charge >= 0.3 is 0 Å². The van der Waals surface area contributed by atoms with Crippen LogP contribution in [0.1, 0.15) is 32.1 Å². The molecule has 7 nitrogen and oxygen atoms in total. The molecule has 1 saturated carbocycles. The molecule has 29 heavy (non-hydrogen) atoms. The number of carbonyl (C=O) groups is 2. The average molecular weight is 390 g/mol. The van der Waals surface area contributed by atoms with Gasteiger partial charge in [-0.25, -0.2) is 4.98 Å². The van der Waals surface area contributed by atoms with E-state index in [1.807, 2.05) is 30.5 Å². The van der Waals surface area contributed by atoms with Gasteiger partial charge in [-0.3, -0.25) is 9.59 Å². The number of aromatic amines is 1. The van der Waals surface area contributed by atoms with Crippen molar-refractivity contribution in [3.8, 4) is 0 Å². The first-order valence-electron chi connectivity index (χ1n) is 9.80. The summed E-state index contributed by atoms with van der Waals surface area (Å²) in [7, 11) is 1.56. The number of pyridine rings is 1. The second-order valence-electron chi connectivity index (χ2n) is 7.71. The lowest BCUT2D eigenvalue weighted by Crippen LogP contribution is -2.30. The number of ether oxygens (including phenoxy) is 1. The Bertz CT molecular complexity index is 1100. The molecule has 2 aromatic heterocycles. The molecular formula is C22H22N4O3. The molecule has 148 valence electrons. The molecule has 0 bridgehead atoms. The molecule has 2 unspecified atom stereocenters. The molecule has 2 amide bonds. The zero-order chi connectivity index (χ0) is 20.0. The first-order valence-corrected chi connectivity index (χ1v) is 9.80. The van der Waals surface area contributed by atoms with E-state index in [1.165, 1.54) is 0 Å². The van der Waals surface area contributed by atoms with Crippen molar-refractivity contribution in [2.24, 2.45) is 11.8 Å². The van der Waals surface area contributed by atoms with Crippen LogP contribution in [0.2, 0.25) is 0 Å².